The predicted molar refractivity (Wildman–Crippen MR) is 68.9 cm³/mol. The Morgan fingerprint density at radius 2 is 2.24 bits per heavy atom. The number of nitriles is 1. The van der Waals surface area contributed by atoms with E-state index in [0.29, 0.717) is 11.6 Å². The number of rotatable bonds is 7. The summed E-state index contributed by atoms with van der Waals surface area (Å²) >= 11 is 6.04. The smallest absolute Gasteiger partial charge is 0.122 e. The maximum atomic E-state index is 9.10. The lowest BCUT2D eigenvalue weighted by molar-refractivity contribution is 0.144. The van der Waals surface area contributed by atoms with Gasteiger partial charge in [-0.15, -0.1) is 0 Å². The van der Waals surface area contributed by atoms with Gasteiger partial charge in [-0.25, -0.2) is 0 Å². The van der Waals surface area contributed by atoms with Crippen LogP contribution in [0.1, 0.15) is 24.9 Å². The van der Waals surface area contributed by atoms with Crippen molar-refractivity contribution in [1.82, 2.24) is 5.32 Å². The molecule has 1 N–H and O–H groups in total. The number of nitrogens with one attached hydrogen (secondary N) is 1. The van der Waals surface area contributed by atoms with Crippen LogP contribution in [-0.2, 0) is 4.74 Å². The Morgan fingerprint density at radius 1 is 1.47 bits per heavy atom. The van der Waals surface area contributed by atoms with Crippen LogP contribution in [-0.4, -0.2) is 19.8 Å². The Kier molecular flexibility index (Phi) is 6.64. The van der Waals surface area contributed by atoms with Gasteiger partial charge in [0.15, 0.2) is 0 Å². The normalized spacial score (nSPS) is 12.1. The number of nitrogens with zero attached hydrogens (tertiary/aromatic N) is 1. The Labute approximate surface area is 107 Å². The first-order valence-electron chi connectivity index (χ1n) is 5.74. The summed E-state index contributed by atoms with van der Waals surface area (Å²) in [5, 5.41) is 12.9. The van der Waals surface area contributed by atoms with Crippen molar-refractivity contribution in [2.75, 3.05) is 19.8 Å². The molecule has 0 aliphatic heterocycles. The molecule has 4 heteroatoms. The van der Waals surface area contributed by atoms with Crippen molar-refractivity contribution in [3.05, 3.63) is 34.9 Å². The van der Waals surface area contributed by atoms with Crippen LogP contribution in [0.25, 0.3) is 0 Å². The lowest BCUT2D eigenvalue weighted by atomic mass is 10.1. The molecule has 0 aromatic heterocycles. The molecule has 0 aliphatic carbocycles. The molecule has 1 atom stereocenters. The van der Waals surface area contributed by atoms with Gasteiger partial charge in [0.25, 0.3) is 0 Å². The molecule has 1 aromatic carbocycles. The molecule has 3 nitrogen and oxygen atoms in total. The van der Waals surface area contributed by atoms with Crippen LogP contribution in [0.4, 0.5) is 0 Å². The summed E-state index contributed by atoms with van der Waals surface area (Å²) in [6.07, 6.45) is 0.885. The van der Waals surface area contributed by atoms with Gasteiger partial charge >= 0.3 is 0 Å². The highest BCUT2D eigenvalue weighted by Crippen LogP contribution is 2.21. The number of ether oxygens (including phenoxy) is 1. The molecular weight excluding hydrogens is 236 g/mol. The molecule has 0 radical (unpaired) electrons. The van der Waals surface area contributed by atoms with E-state index in [1.807, 2.05) is 25.1 Å². The van der Waals surface area contributed by atoms with E-state index in [9.17, 15) is 0 Å². The lowest BCUT2D eigenvalue weighted by Gasteiger charge is -2.13. The van der Waals surface area contributed by atoms with Crippen LogP contribution in [0.3, 0.4) is 0 Å². The van der Waals surface area contributed by atoms with Crippen LogP contribution < -0.4 is 5.32 Å². The van der Waals surface area contributed by atoms with Crippen molar-refractivity contribution in [3.8, 4) is 6.07 Å². The molecule has 0 heterocycles. The molecule has 0 aliphatic rings. The van der Waals surface area contributed by atoms with Crippen LogP contribution >= 0.6 is 11.6 Å². The third-order valence-corrected chi connectivity index (χ3v) is 2.71. The van der Waals surface area contributed by atoms with Crippen molar-refractivity contribution in [3.63, 3.8) is 0 Å². The second-order valence-electron chi connectivity index (χ2n) is 3.59. The minimum absolute atomic E-state index is 0.356. The predicted octanol–water partition coefficient (Wildman–Crippen LogP) is 2.92. The zero-order chi connectivity index (χ0) is 12.5. The average Bonchev–Trinajstić information content (AvgIpc) is 2.35. The standard InChI is InChI=1S/C13H17ClN2O/c1-2-17-9-5-8-16-13(10-15)11-6-3-4-7-12(11)14/h3-4,6-7,13,16H,2,5,8-9H2,1H3. The Balaban J connectivity index is 2.45. The summed E-state index contributed by atoms with van der Waals surface area (Å²) in [7, 11) is 0. The van der Waals surface area contributed by atoms with Crippen LogP contribution in [0, 0.1) is 11.3 Å². The number of hydrogen-bond donors (Lipinski definition) is 1. The van der Waals surface area contributed by atoms with E-state index in [4.69, 9.17) is 21.6 Å². The topological polar surface area (TPSA) is 45.0 Å². The molecule has 0 fully saturated rings. The minimum atomic E-state index is -0.356. The molecule has 1 rings (SSSR count). The summed E-state index contributed by atoms with van der Waals surface area (Å²) in [5.74, 6) is 0. The second kappa shape index (κ2) is 8.08. The van der Waals surface area contributed by atoms with Crippen molar-refractivity contribution < 1.29 is 4.74 Å². The third kappa shape index (κ3) is 4.74. The van der Waals surface area contributed by atoms with Gasteiger partial charge in [-0.3, -0.25) is 5.32 Å². The van der Waals surface area contributed by atoms with E-state index in [-0.39, 0.29) is 6.04 Å². The van der Waals surface area contributed by atoms with Crippen molar-refractivity contribution in [2.45, 2.75) is 19.4 Å². The van der Waals surface area contributed by atoms with E-state index >= 15 is 0 Å². The second-order valence-corrected chi connectivity index (χ2v) is 4.00. The maximum Gasteiger partial charge on any atom is 0.122 e. The molecule has 0 amide bonds. The van der Waals surface area contributed by atoms with E-state index in [2.05, 4.69) is 11.4 Å². The van der Waals surface area contributed by atoms with Gasteiger partial charge in [0.2, 0.25) is 0 Å². The zero-order valence-corrected chi connectivity index (χ0v) is 10.7. The minimum Gasteiger partial charge on any atom is -0.382 e. The molecule has 1 unspecified atom stereocenters. The fourth-order valence-corrected chi connectivity index (χ4v) is 1.74. The first-order chi connectivity index (χ1) is 8.29. The highest BCUT2D eigenvalue weighted by molar-refractivity contribution is 6.31. The quantitative estimate of drug-likeness (QED) is 0.759. The van der Waals surface area contributed by atoms with Crippen LogP contribution in [0.15, 0.2) is 24.3 Å². The molecule has 17 heavy (non-hydrogen) atoms. The molecule has 0 bridgehead atoms. The first kappa shape index (κ1) is 14.0. The molecule has 0 spiro atoms. The van der Waals surface area contributed by atoms with Crippen molar-refractivity contribution >= 4 is 11.6 Å². The van der Waals surface area contributed by atoms with Gasteiger partial charge < -0.3 is 4.74 Å². The maximum absolute atomic E-state index is 9.10. The van der Waals surface area contributed by atoms with Crippen molar-refractivity contribution in [1.29, 1.82) is 5.26 Å². The molecule has 92 valence electrons. The molecular formula is C13H17ClN2O. The highest BCUT2D eigenvalue weighted by Gasteiger charge is 2.12. The fraction of sp³-hybridized carbons (Fsp3) is 0.462. The van der Waals surface area contributed by atoms with Crippen LogP contribution in [0.5, 0.6) is 0 Å². The lowest BCUT2D eigenvalue weighted by Crippen LogP contribution is -2.22. The Bertz CT molecular complexity index is 376. The summed E-state index contributed by atoms with van der Waals surface area (Å²) in [6, 6.07) is 9.26. The largest absolute Gasteiger partial charge is 0.382 e. The van der Waals surface area contributed by atoms with E-state index in [1.165, 1.54) is 0 Å². The van der Waals surface area contributed by atoms with E-state index in [1.54, 1.807) is 6.07 Å². The van der Waals surface area contributed by atoms with Crippen LogP contribution in [0.2, 0.25) is 5.02 Å². The molecule has 1 aromatic rings. The van der Waals surface area contributed by atoms with Gasteiger partial charge in [-0.1, -0.05) is 29.8 Å². The van der Waals surface area contributed by atoms with Gasteiger partial charge in [0.1, 0.15) is 6.04 Å². The van der Waals surface area contributed by atoms with E-state index < -0.39 is 0 Å². The SMILES string of the molecule is CCOCCCNC(C#N)c1ccccc1Cl. The first-order valence-corrected chi connectivity index (χ1v) is 6.12. The Hall–Kier alpha value is -1.08. The van der Waals surface area contributed by atoms with E-state index in [0.717, 1.165) is 25.1 Å². The number of hydrogen-bond acceptors (Lipinski definition) is 3. The summed E-state index contributed by atoms with van der Waals surface area (Å²) in [6.45, 7) is 4.15. The van der Waals surface area contributed by atoms with Gasteiger partial charge in [0, 0.05) is 23.8 Å². The average molecular weight is 253 g/mol. The highest BCUT2D eigenvalue weighted by atomic mass is 35.5. The zero-order valence-electron chi connectivity index (χ0n) is 9.95. The summed E-state index contributed by atoms with van der Waals surface area (Å²) < 4.78 is 5.23. The fourth-order valence-electron chi connectivity index (χ4n) is 1.50. The molecule has 0 saturated heterocycles. The van der Waals surface area contributed by atoms with Gasteiger partial charge in [-0.05, 0) is 26.0 Å². The van der Waals surface area contributed by atoms with Crippen molar-refractivity contribution in [2.24, 2.45) is 0 Å². The Morgan fingerprint density at radius 3 is 2.88 bits per heavy atom. The third-order valence-electron chi connectivity index (χ3n) is 2.36. The number of benzene rings is 1. The summed E-state index contributed by atoms with van der Waals surface area (Å²) in [4.78, 5) is 0. The monoisotopic (exact) mass is 252 g/mol. The number of halogens is 1. The van der Waals surface area contributed by atoms with Gasteiger partial charge in [-0.2, -0.15) is 5.26 Å². The van der Waals surface area contributed by atoms with Gasteiger partial charge in [0.05, 0.1) is 6.07 Å². The summed E-state index contributed by atoms with van der Waals surface area (Å²) in [5.41, 5.74) is 0.827. The molecule has 0 saturated carbocycles.